The average molecular weight is 275 g/mol. The standard InChI is InChI=1S/C15H14FNO3/c1-19-15(18)14(11-4-3-7-17-9-11)10-20-13-6-2-5-12(16)8-13/h2-9,14H,10H2,1H3. The first-order valence-corrected chi connectivity index (χ1v) is 6.07. The van der Waals surface area contributed by atoms with Crippen LogP contribution in [0.25, 0.3) is 0 Å². The fourth-order valence-electron chi connectivity index (χ4n) is 1.76. The lowest BCUT2D eigenvalue weighted by Crippen LogP contribution is -2.21. The second-order valence-corrected chi connectivity index (χ2v) is 4.13. The summed E-state index contributed by atoms with van der Waals surface area (Å²) in [5.74, 6) is -1.05. The lowest BCUT2D eigenvalue weighted by Gasteiger charge is -2.15. The first-order chi connectivity index (χ1) is 9.70. The van der Waals surface area contributed by atoms with Gasteiger partial charge in [0.2, 0.25) is 0 Å². The van der Waals surface area contributed by atoms with Crippen LogP contribution < -0.4 is 4.74 Å². The molecule has 1 heterocycles. The van der Waals surface area contributed by atoms with Crippen molar-refractivity contribution in [3.8, 4) is 5.75 Å². The highest BCUT2D eigenvalue weighted by Gasteiger charge is 2.22. The molecule has 5 heteroatoms. The van der Waals surface area contributed by atoms with E-state index in [1.165, 1.54) is 19.2 Å². The quantitative estimate of drug-likeness (QED) is 0.787. The third-order valence-electron chi connectivity index (χ3n) is 2.79. The lowest BCUT2D eigenvalue weighted by atomic mass is 10.0. The highest BCUT2D eigenvalue weighted by molar-refractivity contribution is 5.78. The van der Waals surface area contributed by atoms with E-state index in [0.717, 1.165) is 0 Å². The number of rotatable bonds is 5. The molecule has 0 amide bonds. The highest BCUT2D eigenvalue weighted by Crippen LogP contribution is 2.19. The van der Waals surface area contributed by atoms with Crippen LogP contribution in [0.5, 0.6) is 5.75 Å². The van der Waals surface area contributed by atoms with E-state index >= 15 is 0 Å². The maximum Gasteiger partial charge on any atom is 0.316 e. The predicted molar refractivity (Wildman–Crippen MR) is 70.9 cm³/mol. The summed E-state index contributed by atoms with van der Waals surface area (Å²) in [4.78, 5) is 15.8. The Balaban J connectivity index is 2.11. The van der Waals surface area contributed by atoms with Crippen molar-refractivity contribution < 1.29 is 18.7 Å². The van der Waals surface area contributed by atoms with Gasteiger partial charge in [0.15, 0.2) is 0 Å². The van der Waals surface area contributed by atoms with Crippen LogP contribution in [-0.2, 0) is 9.53 Å². The summed E-state index contributed by atoms with van der Waals surface area (Å²) in [7, 11) is 1.31. The highest BCUT2D eigenvalue weighted by atomic mass is 19.1. The van der Waals surface area contributed by atoms with Gasteiger partial charge in [0.1, 0.15) is 24.1 Å². The van der Waals surface area contributed by atoms with Crippen molar-refractivity contribution in [2.45, 2.75) is 5.92 Å². The van der Waals surface area contributed by atoms with Gasteiger partial charge in [0, 0.05) is 18.5 Å². The molecule has 1 atom stereocenters. The Hall–Kier alpha value is -2.43. The first-order valence-electron chi connectivity index (χ1n) is 6.07. The molecule has 0 radical (unpaired) electrons. The van der Waals surface area contributed by atoms with Gasteiger partial charge in [-0.2, -0.15) is 0 Å². The van der Waals surface area contributed by atoms with Crippen molar-refractivity contribution in [2.75, 3.05) is 13.7 Å². The Morgan fingerprint density at radius 2 is 2.20 bits per heavy atom. The van der Waals surface area contributed by atoms with Crippen molar-refractivity contribution in [1.29, 1.82) is 0 Å². The van der Waals surface area contributed by atoms with Gasteiger partial charge >= 0.3 is 5.97 Å². The number of methoxy groups -OCH3 is 1. The minimum Gasteiger partial charge on any atom is -0.492 e. The van der Waals surface area contributed by atoms with Crippen molar-refractivity contribution in [3.63, 3.8) is 0 Å². The number of halogens is 1. The fraction of sp³-hybridized carbons (Fsp3) is 0.200. The minimum absolute atomic E-state index is 0.0574. The van der Waals surface area contributed by atoms with Gasteiger partial charge in [-0.1, -0.05) is 12.1 Å². The Bertz CT molecular complexity index is 574. The van der Waals surface area contributed by atoms with Crippen LogP contribution in [0.15, 0.2) is 48.8 Å². The van der Waals surface area contributed by atoms with E-state index in [2.05, 4.69) is 4.98 Å². The van der Waals surface area contributed by atoms with Crippen molar-refractivity contribution in [1.82, 2.24) is 4.98 Å². The molecule has 0 fully saturated rings. The van der Waals surface area contributed by atoms with Crippen LogP contribution >= 0.6 is 0 Å². The fourth-order valence-corrected chi connectivity index (χ4v) is 1.76. The summed E-state index contributed by atoms with van der Waals surface area (Å²) in [5, 5.41) is 0. The Morgan fingerprint density at radius 3 is 2.85 bits per heavy atom. The number of carbonyl (C=O) groups excluding carboxylic acids is 1. The number of nitrogens with zero attached hydrogens (tertiary/aromatic N) is 1. The summed E-state index contributed by atoms with van der Waals surface area (Å²) in [6.45, 7) is 0.0574. The molecule has 0 saturated carbocycles. The Labute approximate surface area is 116 Å². The van der Waals surface area contributed by atoms with E-state index in [1.807, 2.05) is 0 Å². The zero-order chi connectivity index (χ0) is 14.4. The Kier molecular flexibility index (Phi) is 4.65. The largest absolute Gasteiger partial charge is 0.492 e. The number of hydrogen-bond acceptors (Lipinski definition) is 4. The van der Waals surface area contributed by atoms with Crippen molar-refractivity contribution in [2.24, 2.45) is 0 Å². The number of hydrogen-bond donors (Lipinski definition) is 0. The predicted octanol–water partition coefficient (Wildman–Crippen LogP) is 2.56. The number of carbonyl (C=O) groups is 1. The third-order valence-corrected chi connectivity index (χ3v) is 2.79. The number of benzene rings is 1. The molecule has 0 N–H and O–H groups in total. The third kappa shape index (κ3) is 3.54. The molecule has 0 bridgehead atoms. The number of esters is 1. The molecular weight excluding hydrogens is 261 g/mol. The molecule has 1 aromatic carbocycles. The summed E-state index contributed by atoms with van der Waals surface area (Å²) >= 11 is 0. The molecule has 0 spiro atoms. The van der Waals surface area contributed by atoms with E-state index in [1.54, 1.807) is 36.7 Å². The van der Waals surface area contributed by atoms with Crippen LogP contribution in [-0.4, -0.2) is 24.7 Å². The average Bonchev–Trinajstić information content (AvgIpc) is 2.48. The molecule has 2 rings (SSSR count). The lowest BCUT2D eigenvalue weighted by molar-refractivity contribution is -0.143. The summed E-state index contributed by atoms with van der Waals surface area (Å²) < 4.78 is 23.3. The van der Waals surface area contributed by atoms with E-state index in [-0.39, 0.29) is 6.61 Å². The molecule has 104 valence electrons. The monoisotopic (exact) mass is 275 g/mol. The summed E-state index contributed by atoms with van der Waals surface area (Å²) in [5.41, 5.74) is 0.691. The summed E-state index contributed by atoms with van der Waals surface area (Å²) in [6.07, 6.45) is 3.20. The van der Waals surface area contributed by atoms with Gasteiger partial charge in [0.05, 0.1) is 7.11 Å². The normalized spacial score (nSPS) is 11.7. The molecule has 1 unspecified atom stereocenters. The van der Waals surface area contributed by atoms with Crippen LogP contribution in [0.1, 0.15) is 11.5 Å². The molecule has 4 nitrogen and oxygen atoms in total. The molecule has 0 aliphatic carbocycles. The zero-order valence-corrected chi connectivity index (χ0v) is 11.0. The Morgan fingerprint density at radius 1 is 1.35 bits per heavy atom. The van der Waals surface area contributed by atoms with Crippen molar-refractivity contribution >= 4 is 5.97 Å². The molecule has 0 saturated heterocycles. The molecule has 20 heavy (non-hydrogen) atoms. The molecule has 0 aliphatic heterocycles. The maximum absolute atomic E-state index is 13.1. The minimum atomic E-state index is -0.600. The molecule has 2 aromatic rings. The zero-order valence-electron chi connectivity index (χ0n) is 11.0. The van der Waals surface area contributed by atoms with Gasteiger partial charge in [-0.3, -0.25) is 9.78 Å². The topological polar surface area (TPSA) is 48.4 Å². The van der Waals surface area contributed by atoms with E-state index in [9.17, 15) is 9.18 Å². The van der Waals surface area contributed by atoms with Gasteiger partial charge in [-0.15, -0.1) is 0 Å². The summed E-state index contributed by atoms with van der Waals surface area (Å²) in [6, 6.07) is 9.25. The van der Waals surface area contributed by atoms with E-state index in [0.29, 0.717) is 11.3 Å². The van der Waals surface area contributed by atoms with Gasteiger partial charge in [-0.25, -0.2) is 4.39 Å². The molecule has 1 aromatic heterocycles. The SMILES string of the molecule is COC(=O)C(COc1cccc(F)c1)c1cccnc1. The van der Waals surface area contributed by atoms with Crippen molar-refractivity contribution in [3.05, 3.63) is 60.2 Å². The number of ether oxygens (including phenoxy) is 2. The van der Waals surface area contributed by atoms with Crippen LogP contribution in [0, 0.1) is 5.82 Å². The second-order valence-electron chi connectivity index (χ2n) is 4.13. The van der Waals surface area contributed by atoms with Gasteiger partial charge in [0.25, 0.3) is 0 Å². The number of aromatic nitrogens is 1. The number of pyridine rings is 1. The van der Waals surface area contributed by atoms with Gasteiger partial charge < -0.3 is 9.47 Å². The first kappa shape index (κ1) is 14.0. The maximum atomic E-state index is 13.1. The molecule has 0 aliphatic rings. The van der Waals surface area contributed by atoms with E-state index in [4.69, 9.17) is 9.47 Å². The van der Waals surface area contributed by atoms with Crippen LogP contribution in [0.3, 0.4) is 0 Å². The smallest absolute Gasteiger partial charge is 0.316 e. The van der Waals surface area contributed by atoms with Gasteiger partial charge in [-0.05, 0) is 23.8 Å². The van der Waals surface area contributed by atoms with E-state index < -0.39 is 17.7 Å². The van der Waals surface area contributed by atoms with Crippen LogP contribution in [0.4, 0.5) is 4.39 Å². The van der Waals surface area contributed by atoms with Crippen LogP contribution in [0.2, 0.25) is 0 Å². The second kappa shape index (κ2) is 6.65. The molecular formula is C15H14FNO3.